The Kier molecular flexibility index (Phi) is 5.72. The van der Waals surface area contributed by atoms with Gasteiger partial charge in [0.05, 0.1) is 16.8 Å². The molecule has 166 valence electrons. The molecule has 31 heavy (non-hydrogen) atoms. The van der Waals surface area contributed by atoms with E-state index in [1.807, 2.05) is 18.7 Å². The first kappa shape index (κ1) is 21.3. The summed E-state index contributed by atoms with van der Waals surface area (Å²) in [5.74, 6) is 0.624. The van der Waals surface area contributed by atoms with E-state index in [4.69, 9.17) is 4.74 Å². The first-order valence-corrected chi connectivity index (χ1v) is 10.5. The van der Waals surface area contributed by atoms with Crippen LogP contribution in [0.3, 0.4) is 0 Å². The molecule has 2 aliphatic rings. The predicted molar refractivity (Wildman–Crippen MR) is 109 cm³/mol. The number of fused-ring (bicyclic) bond motifs is 1. The van der Waals surface area contributed by atoms with E-state index in [9.17, 15) is 18.0 Å². The zero-order chi connectivity index (χ0) is 22.2. The summed E-state index contributed by atoms with van der Waals surface area (Å²) >= 11 is 0. The molecule has 1 saturated carbocycles. The van der Waals surface area contributed by atoms with Crippen LogP contribution >= 0.6 is 0 Å². The van der Waals surface area contributed by atoms with E-state index >= 15 is 0 Å². The van der Waals surface area contributed by atoms with Gasteiger partial charge >= 0.3 is 12.3 Å². The molecule has 3 heterocycles. The van der Waals surface area contributed by atoms with Gasteiger partial charge in [0.2, 0.25) is 0 Å². The Morgan fingerprint density at radius 3 is 2.48 bits per heavy atom. The van der Waals surface area contributed by atoms with Crippen LogP contribution < -0.4 is 10.2 Å². The van der Waals surface area contributed by atoms with E-state index in [1.54, 1.807) is 0 Å². The number of amides is 1. The van der Waals surface area contributed by atoms with Gasteiger partial charge in [-0.2, -0.15) is 13.2 Å². The molecule has 1 aliphatic heterocycles. The summed E-state index contributed by atoms with van der Waals surface area (Å²) in [6.45, 7) is 5.12. The zero-order valence-corrected chi connectivity index (χ0v) is 17.4. The maximum absolute atomic E-state index is 13.7. The summed E-state index contributed by atoms with van der Waals surface area (Å²) in [5, 5.41) is 2.53. The van der Waals surface area contributed by atoms with Crippen molar-refractivity contribution in [2.75, 3.05) is 23.3 Å². The van der Waals surface area contributed by atoms with Gasteiger partial charge in [-0.3, -0.25) is 5.32 Å². The zero-order valence-electron chi connectivity index (χ0n) is 17.4. The van der Waals surface area contributed by atoms with Gasteiger partial charge in [0.15, 0.2) is 0 Å². The second kappa shape index (κ2) is 8.32. The van der Waals surface area contributed by atoms with E-state index < -0.39 is 23.9 Å². The van der Waals surface area contributed by atoms with Gasteiger partial charge in [-0.1, -0.05) is 13.8 Å². The third-order valence-electron chi connectivity index (χ3n) is 5.37. The van der Waals surface area contributed by atoms with Gasteiger partial charge in [0.1, 0.15) is 29.8 Å². The molecule has 0 aromatic carbocycles. The molecule has 0 spiro atoms. The number of halogens is 3. The predicted octanol–water partition coefficient (Wildman–Crippen LogP) is 5.20. The van der Waals surface area contributed by atoms with Crippen molar-refractivity contribution in [3.8, 4) is 11.4 Å². The Balaban J connectivity index is 1.87. The van der Waals surface area contributed by atoms with Crippen LogP contribution in [0, 0.1) is 5.92 Å². The van der Waals surface area contributed by atoms with Crippen molar-refractivity contribution in [1.82, 2.24) is 15.0 Å². The Bertz CT molecular complexity index is 972. The number of nitrogens with one attached hydrogen (secondary N) is 1. The van der Waals surface area contributed by atoms with Crippen molar-refractivity contribution in [2.24, 2.45) is 5.92 Å². The number of hydrogen-bond acceptors (Lipinski definition) is 6. The number of pyridine rings is 1. The van der Waals surface area contributed by atoms with E-state index in [0.29, 0.717) is 18.7 Å². The van der Waals surface area contributed by atoms with Crippen molar-refractivity contribution in [3.05, 3.63) is 29.6 Å². The summed E-state index contributed by atoms with van der Waals surface area (Å²) in [7, 11) is 0. The highest BCUT2D eigenvalue weighted by atomic mass is 19.4. The van der Waals surface area contributed by atoms with Crippen LogP contribution in [0.4, 0.5) is 29.6 Å². The lowest BCUT2D eigenvalue weighted by atomic mass is 9.99. The number of hydrogen-bond donors (Lipinski definition) is 1. The molecule has 1 amide bonds. The number of anilines is 2. The molecule has 0 radical (unpaired) electrons. The number of carbonyl (C=O) groups is 1. The molecule has 2 aromatic rings. The van der Waals surface area contributed by atoms with Crippen molar-refractivity contribution in [3.63, 3.8) is 0 Å². The maximum Gasteiger partial charge on any atom is 0.416 e. The third kappa shape index (κ3) is 4.42. The summed E-state index contributed by atoms with van der Waals surface area (Å²) < 4.78 is 46.7. The molecule has 4 rings (SSSR count). The summed E-state index contributed by atoms with van der Waals surface area (Å²) in [6, 6.07) is 2.08. The molecule has 0 saturated heterocycles. The lowest BCUT2D eigenvalue weighted by Crippen LogP contribution is -2.28. The lowest BCUT2D eigenvalue weighted by molar-refractivity contribution is -0.137. The van der Waals surface area contributed by atoms with Gasteiger partial charge in [-0.05, 0) is 37.8 Å². The number of ether oxygens (including phenoxy) is 1. The first-order chi connectivity index (χ1) is 14.8. The standard InChI is InChI=1S/C21H24F3N5O2/c1-3-7-29(8-4-2)15-10-13(21(22,23)24)9-14(27-15)17-16-18(12-5-6-12)31-20(30)28-19(16)26-11-25-17/h9-12,18H,3-8H2,1-2H3,(H,25,26,28,30)/t18-/m1/s1. The van der Waals surface area contributed by atoms with Crippen LogP contribution in [0.1, 0.15) is 56.8 Å². The minimum Gasteiger partial charge on any atom is -0.441 e. The number of carbonyl (C=O) groups excluding carboxylic acids is 1. The highest BCUT2D eigenvalue weighted by Gasteiger charge is 2.42. The van der Waals surface area contributed by atoms with Gasteiger partial charge in [-0.25, -0.2) is 19.7 Å². The normalized spacial score (nSPS) is 18.2. The van der Waals surface area contributed by atoms with Crippen LogP contribution in [0.5, 0.6) is 0 Å². The molecular formula is C21H24F3N5O2. The maximum atomic E-state index is 13.7. The quantitative estimate of drug-likeness (QED) is 0.644. The van der Waals surface area contributed by atoms with Crippen molar-refractivity contribution in [1.29, 1.82) is 0 Å². The van der Waals surface area contributed by atoms with E-state index in [2.05, 4.69) is 20.3 Å². The monoisotopic (exact) mass is 435 g/mol. The molecule has 1 aliphatic carbocycles. The molecule has 1 N–H and O–H groups in total. The van der Waals surface area contributed by atoms with E-state index in [0.717, 1.165) is 37.8 Å². The largest absolute Gasteiger partial charge is 0.441 e. The van der Waals surface area contributed by atoms with Gasteiger partial charge in [0, 0.05) is 19.0 Å². The molecule has 0 unspecified atom stereocenters. The molecule has 0 bridgehead atoms. The Hall–Kier alpha value is -2.91. The second-order valence-corrected chi connectivity index (χ2v) is 7.86. The SMILES string of the molecule is CCCN(CCC)c1cc(C(F)(F)F)cc(-c2ncnc3c2[C@@H](C2CC2)OC(=O)N3)n1. The van der Waals surface area contributed by atoms with Crippen LogP contribution in [0.2, 0.25) is 0 Å². The summed E-state index contributed by atoms with van der Waals surface area (Å²) in [5.41, 5.74) is 0.0361. The first-order valence-electron chi connectivity index (χ1n) is 10.5. The second-order valence-electron chi connectivity index (χ2n) is 7.86. The minimum absolute atomic E-state index is 0.0890. The molecular weight excluding hydrogens is 411 g/mol. The lowest BCUT2D eigenvalue weighted by Gasteiger charge is -2.28. The van der Waals surface area contributed by atoms with Gasteiger partial charge in [0.25, 0.3) is 0 Å². The fourth-order valence-corrected chi connectivity index (χ4v) is 3.84. The fourth-order valence-electron chi connectivity index (χ4n) is 3.84. The topological polar surface area (TPSA) is 80.2 Å². The number of alkyl halides is 3. The minimum atomic E-state index is -4.54. The van der Waals surface area contributed by atoms with Gasteiger partial charge in [-0.15, -0.1) is 0 Å². The molecule has 10 heteroatoms. The summed E-state index contributed by atoms with van der Waals surface area (Å²) in [6.07, 6.45) is -1.24. The van der Waals surface area contributed by atoms with E-state index in [1.165, 1.54) is 6.33 Å². The molecule has 7 nitrogen and oxygen atoms in total. The smallest absolute Gasteiger partial charge is 0.416 e. The van der Waals surface area contributed by atoms with Crippen LogP contribution in [0.15, 0.2) is 18.5 Å². The highest BCUT2D eigenvalue weighted by Crippen LogP contribution is 2.49. The molecule has 1 fully saturated rings. The number of rotatable bonds is 7. The number of nitrogens with zero attached hydrogens (tertiary/aromatic N) is 4. The van der Waals surface area contributed by atoms with Crippen LogP contribution in [-0.4, -0.2) is 34.1 Å². The highest BCUT2D eigenvalue weighted by molar-refractivity contribution is 5.88. The Morgan fingerprint density at radius 1 is 1.16 bits per heavy atom. The fraction of sp³-hybridized carbons (Fsp3) is 0.524. The van der Waals surface area contributed by atoms with Crippen LogP contribution in [0.25, 0.3) is 11.4 Å². The third-order valence-corrected chi connectivity index (χ3v) is 5.37. The van der Waals surface area contributed by atoms with Gasteiger partial charge < -0.3 is 9.64 Å². The molecule has 1 atom stereocenters. The Morgan fingerprint density at radius 2 is 1.87 bits per heavy atom. The Labute approximate surface area is 178 Å². The van der Waals surface area contributed by atoms with Crippen LogP contribution in [-0.2, 0) is 10.9 Å². The van der Waals surface area contributed by atoms with Crippen molar-refractivity contribution >= 4 is 17.7 Å². The van der Waals surface area contributed by atoms with E-state index in [-0.39, 0.29) is 28.9 Å². The number of cyclic esters (lactones) is 1. The molecule has 2 aromatic heterocycles. The average molecular weight is 435 g/mol. The van der Waals surface area contributed by atoms with Crippen molar-refractivity contribution < 1.29 is 22.7 Å². The summed E-state index contributed by atoms with van der Waals surface area (Å²) in [4.78, 5) is 26.7. The average Bonchev–Trinajstić information content (AvgIpc) is 3.57. The van der Waals surface area contributed by atoms with Crippen molar-refractivity contribution in [2.45, 2.75) is 51.8 Å². The number of aromatic nitrogens is 3.